The minimum Gasteiger partial charge on any atom is -0.508 e. The van der Waals surface area contributed by atoms with Crippen LogP contribution in [-0.4, -0.2) is 87.4 Å². The molecule has 1 saturated carbocycles. The van der Waals surface area contributed by atoms with Crippen LogP contribution in [0.25, 0.3) is 0 Å². The fourth-order valence-electron chi connectivity index (χ4n) is 5.89. The molecule has 2 saturated heterocycles. The Morgan fingerprint density at radius 3 is 2.38 bits per heavy atom. The number of likely N-dealkylation sites (tertiary alicyclic amines) is 1. The highest BCUT2D eigenvalue weighted by Gasteiger charge is 2.44. The standard InChI is InChI=1S/C27H36N4O7S2/c1-16(32)31-13-8-19(17-4-6-18(33)7-5-17)22(31)24(35)29-20-14-39-40-15-21(25(36)37)30-26(38)27(9-2-3-10-27)11-12-28-23(20)34/h4-7,19-22,33H,2-3,8-15H2,1H3,(H,28,34)(H,29,35)(H,30,38)(H,36,37)/t19-,20+,21+,22+/m1/s1. The summed E-state index contributed by atoms with van der Waals surface area (Å²) in [6, 6.07) is 3.74. The number of carbonyl (C=O) groups is 5. The molecule has 0 unspecified atom stereocenters. The van der Waals surface area contributed by atoms with Crippen LogP contribution in [-0.2, 0) is 24.0 Å². The van der Waals surface area contributed by atoms with Gasteiger partial charge in [-0.15, -0.1) is 0 Å². The maximum Gasteiger partial charge on any atom is 0.327 e. The van der Waals surface area contributed by atoms with E-state index in [0.717, 1.165) is 18.4 Å². The number of phenolic OH excluding ortho intramolecular Hbond substituents is 1. The fraction of sp³-hybridized carbons (Fsp3) is 0.593. The van der Waals surface area contributed by atoms with Crippen LogP contribution in [0.5, 0.6) is 5.75 Å². The Labute approximate surface area is 241 Å². The Morgan fingerprint density at radius 2 is 1.73 bits per heavy atom. The van der Waals surface area contributed by atoms with Crippen LogP contribution < -0.4 is 16.0 Å². The van der Waals surface area contributed by atoms with Crippen LogP contribution in [0.15, 0.2) is 24.3 Å². The number of hydrogen-bond acceptors (Lipinski definition) is 8. The molecule has 4 atom stereocenters. The van der Waals surface area contributed by atoms with E-state index in [9.17, 15) is 34.2 Å². The third-order valence-corrected chi connectivity index (χ3v) is 10.5. The van der Waals surface area contributed by atoms with E-state index in [4.69, 9.17) is 0 Å². The van der Waals surface area contributed by atoms with Crippen LogP contribution in [0.3, 0.4) is 0 Å². The van der Waals surface area contributed by atoms with Crippen molar-refractivity contribution in [3.8, 4) is 5.75 Å². The predicted molar refractivity (Wildman–Crippen MR) is 152 cm³/mol. The van der Waals surface area contributed by atoms with Gasteiger partial charge in [-0.3, -0.25) is 19.2 Å². The summed E-state index contributed by atoms with van der Waals surface area (Å²) in [5.74, 6) is -2.42. The molecule has 2 heterocycles. The van der Waals surface area contributed by atoms with E-state index in [1.165, 1.54) is 33.4 Å². The van der Waals surface area contributed by atoms with Gasteiger partial charge < -0.3 is 31.1 Å². The minimum atomic E-state index is -1.12. The van der Waals surface area contributed by atoms with Gasteiger partial charge in [-0.25, -0.2) is 4.79 Å². The molecule has 11 nitrogen and oxygen atoms in total. The van der Waals surface area contributed by atoms with E-state index in [2.05, 4.69) is 16.0 Å². The second-order valence-electron chi connectivity index (χ2n) is 10.7. The first-order valence-electron chi connectivity index (χ1n) is 13.5. The largest absolute Gasteiger partial charge is 0.508 e. The van der Waals surface area contributed by atoms with Gasteiger partial charge in [-0.1, -0.05) is 46.6 Å². The predicted octanol–water partition coefficient (Wildman–Crippen LogP) is 1.61. The van der Waals surface area contributed by atoms with Gasteiger partial charge in [0, 0.05) is 37.4 Å². The lowest BCUT2D eigenvalue weighted by Gasteiger charge is -2.30. The van der Waals surface area contributed by atoms with Crippen molar-refractivity contribution in [2.45, 2.75) is 69.5 Å². The molecule has 4 rings (SSSR count). The van der Waals surface area contributed by atoms with Crippen molar-refractivity contribution in [1.82, 2.24) is 20.9 Å². The van der Waals surface area contributed by atoms with Gasteiger partial charge in [-0.05, 0) is 43.4 Å². The number of amides is 4. The quantitative estimate of drug-likeness (QED) is 0.327. The van der Waals surface area contributed by atoms with Crippen LogP contribution in [0.2, 0.25) is 0 Å². The molecule has 0 radical (unpaired) electrons. The smallest absolute Gasteiger partial charge is 0.327 e. The van der Waals surface area contributed by atoms with Crippen LogP contribution in [0.1, 0.15) is 56.9 Å². The second kappa shape index (κ2) is 13.2. The SMILES string of the molecule is CC(=O)N1CC[C@H](c2ccc(O)cc2)[C@H]1C(=O)N[C@H]1CSSC[C@@H](C(=O)O)NC(=O)C2(CCCC2)CCNC1=O. The average molecular weight is 593 g/mol. The van der Waals surface area contributed by atoms with Crippen molar-refractivity contribution in [3.63, 3.8) is 0 Å². The summed E-state index contributed by atoms with van der Waals surface area (Å²) in [6.07, 6.45) is 3.91. The highest BCUT2D eigenvalue weighted by molar-refractivity contribution is 8.76. The molecule has 1 aromatic rings. The molecule has 4 amide bonds. The number of phenols is 1. The molecule has 3 fully saturated rings. The molecule has 40 heavy (non-hydrogen) atoms. The van der Waals surface area contributed by atoms with Gasteiger partial charge in [0.15, 0.2) is 0 Å². The topological polar surface area (TPSA) is 165 Å². The van der Waals surface area contributed by atoms with Gasteiger partial charge >= 0.3 is 5.97 Å². The molecule has 5 N–H and O–H groups in total. The Morgan fingerprint density at radius 1 is 1.05 bits per heavy atom. The van der Waals surface area contributed by atoms with Gasteiger partial charge in [-0.2, -0.15) is 0 Å². The lowest BCUT2D eigenvalue weighted by molar-refractivity contribution is -0.143. The molecule has 3 aliphatic rings. The van der Waals surface area contributed by atoms with E-state index in [1.54, 1.807) is 24.3 Å². The minimum absolute atomic E-state index is 0.0998. The molecule has 13 heteroatoms. The summed E-state index contributed by atoms with van der Waals surface area (Å²) in [5.41, 5.74) is 0.0826. The zero-order valence-corrected chi connectivity index (χ0v) is 24.0. The van der Waals surface area contributed by atoms with Crippen molar-refractivity contribution >= 4 is 51.2 Å². The number of hydrogen-bond donors (Lipinski definition) is 5. The number of aromatic hydroxyl groups is 1. The lowest BCUT2D eigenvalue weighted by atomic mass is 9.81. The van der Waals surface area contributed by atoms with Crippen LogP contribution in [0, 0.1) is 5.41 Å². The zero-order chi connectivity index (χ0) is 28.9. The van der Waals surface area contributed by atoms with E-state index in [1.807, 2.05) is 0 Å². The molecular weight excluding hydrogens is 556 g/mol. The monoisotopic (exact) mass is 592 g/mol. The lowest BCUT2D eigenvalue weighted by Crippen LogP contribution is -2.55. The van der Waals surface area contributed by atoms with E-state index in [-0.39, 0.29) is 41.5 Å². The summed E-state index contributed by atoms with van der Waals surface area (Å²) in [4.78, 5) is 65.8. The number of nitrogens with one attached hydrogen (secondary N) is 3. The number of carboxylic acids is 1. The highest BCUT2D eigenvalue weighted by Crippen LogP contribution is 2.41. The number of aliphatic carboxylic acids is 1. The second-order valence-corrected chi connectivity index (χ2v) is 13.2. The third kappa shape index (κ3) is 6.85. The summed E-state index contributed by atoms with van der Waals surface area (Å²) in [5, 5.41) is 27.8. The number of rotatable bonds is 4. The number of carbonyl (C=O) groups excluding carboxylic acids is 4. The summed E-state index contributed by atoms with van der Waals surface area (Å²) >= 11 is 0. The van der Waals surface area contributed by atoms with Gasteiger partial charge in [0.05, 0.1) is 5.41 Å². The normalized spacial score (nSPS) is 27.6. The molecular formula is C27H36N4O7S2. The fourth-order valence-corrected chi connectivity index (χ4v) is 8.21. The first kappa shape index (κ1) is 30.0. The third-order valence-electron chi connectivity index (χ3n) is 8.13. The van der Waals surface area contributed by atoms with Gasteiger partial charge in [0.2, 0.25) is 23.6 Å². The Bertz CT molecular complexity index is 1130. The summed E-state index contributed by atoms with van der Waals surface area (Å²) in [6.45, 7) is 2.01. The molecule has 1 spiro atoms. The molecule has 218 valence electrons. The maximum absolute atomic E-state index is 13.7. The summed E-state index contributed by atoms with van der Waals surface area (Å²) in [7, 11) is 2.46. The van der Waals surface area contributed by atoms with Crippen molar-refractivity contribution in [2.24, 2.45) is 5.41 Å². The first-order valence-corrected chi connectivity index (χ1v) is 16.0. The van der Waals surface area contributed by atoms with Crippen molar-refractivity contribution in [2.75, 3.05) is 24.6 Å². The molecule has 1 aromatic carbocycles. The van der Waals surface area contributed by atoms with E-state index in [0.29, 0.717) is 32.2 Å². The maximum atomic E-state index is 13.7. The Balaban J connectivity index is 1.52. The van der Waals surface area contributed by atoms with Crippen molar-refractivity contribution in [1.29, 1.82) is 0 Å². The number of benzene rings is 1. The van der Waals surface area contributed by atoms with E-state index < -0.39 is 41.3 Å². The molecule has 0 bridgehead atoms. The van der Waals surface area contributed by atoms with E-state index >= 15 is 0 Å². The summed E-state index contributed by atoms with van der Waals surface area (Å²) < 4.78 is 0. The number of carboxylic acid groups (broad SMARTS) is 1. The van der Waals surface area contributed by atoms with Gasteiger partial charge in [0.25, 0.3) is 0 Å². The first-order chi connectivity index (χ1) is 19.1. The van der Waals surface area contributed by atoms with Gasteiger partial charge in [0.1, 0.15) is 23.9 Å². The molecule has 1 aliphatic carbocycles. The Hall–Kier alpha value is -2.93. The van der Waals surface area contributed by atoms with Crippen LogP contribution in [0.4, 0.5) is 0 Å². The molecule has 2 aliphatic heterocycles. The average Bonchev–Trinajstić information content (AvgIpc) is 3.58. The van der Waals surface area contributed by atoms with Crippen LogP contribution >= 0.6 is 21.6 Å². The number of nitrogens with zero attached hydrogens (tertiary/aromatic N) is 1. The highest BCUT2D eigenvalue weighted by atomic mass is 33.1. The van der Waals surface area contributed by atoms with Crippen molar-refractivity contribution < 1.29 is 34.2 Å². The Kier molecular flexibility index (Phi) is 9.88. The molecule has 0 aromatic heterocycles. The zero-order valence-electron chi connectivity index (χ0n) is 22.4. The van der Waals surface area contributed by atoms with Crippen molar-refractivity contribution in [3.05, 3.63) is 29.8 Å².